The summed E-state index contributed by atoms with van der Waals surface area (Å²) in [6.07, 6.45) is 0. The fraction of sp³-hybridized carbons (Fsp3) is 0.100. The van der Waals surface area contributed by atoms with Crippen molar-refractivity contribution < 1.29 is 0 Å². The first-order valence-corrected chi connectivity index (χ1v) is 7.29. The van der Waals surface area contributed by atoms with Crippen molar-refractivity contribution in [3.8, 4) is 11.1 Å². The Labute approximate surface area is 126 Å². The van der Waals surface area contributed by atoms with Crippen LogP contribution >= 0.6 is 0 Å². The van der Waals surface area contributed by atoms with Crippen molar-refractivity contribution in [2.45, 2.75) is 5.92 Å². The van der Waals surface area contributed by atoms with Crippen LogP contribution in [-0.2, 0) is 0 Å². The summed E-state index contributed by atoms with van der Waals surface area (Å²) in [7, 11) is 0. The van der Waals surface area contributed by atoms with E-state index in [1.54, 1.807) is 0 Å². The van der Waals surface area contributed by atoms with E-state index in [2.05, 4.69) is 72.8 Å². The van der Waals surface area contributed by atoms with Crippen LogP contribution in [0.5, 0.6) is 0 Å². The van der Waals surface area contributed by atoms with Gasteiger partial charge in [0, 0.05) is 12.5 Å². The highest BCUT2D eigenvalue weighted by atomic mass is 14.5. The lowest BCUT2D eigenvalue weighted by molar-refractivity contribution is 0.819. The molecule has 0 bridgehead atoms. The average molecular weight is 273 g/mol. The first kappa shape index (κ1) is 13.6. The molecule has 0 aliphatic carbocycles. The van der Waals surface area contributed by atoms with E-state index in [1.165, 1.54) is 22.3 Å². The van der Waals surface area contributed by atoms with E-state index in [-0.39, 0.29) is 5.92 Å². The van der Waals surface area contributed by atoms with Crippen LogP contribution in [0.15, 0.2) is 84.9 Å². The zero-order valence-electron chi connectivity index (χ0n) is 11.9. The molecule has 0 amide bonds. The molecule has 1 nitrogen and oxygen atoms in total. The Morgan fingerprint density at radius 3 is 1.62 bits per heavy atom. The maximum atomic E-state index is 5.99. The zero-order valence-corrected chi connectivity index (χ0v) is 11.9. The minimum atomic E-state index is 0.260. The Morgan fingerprint density at radius 1 is 0.571 bits per heavy atom. The van der Waals surface area contributed by atoms with Crippen LogP contribution in [0.25, 0.3) is 11.1 Å². The smallest absolute Gasteiger partial charge is 0.0212 e. The van der Waals surface area contributed by atoms with Gasteiger partial charge in [0.1, 0.15) is 0 Å². The van der Waals surface area contributed by atoms with Gasteiger partial charge >= 0.3 is 0 Å². The predicted octanol–water partition coefficient (Wildman–Crippen LogP) is 4.44. The van der Waals surface area contributed by atoms with E-state index in [0.29, 0.717) is 6.54 Å². The van der Waals surface area contributed by atoms with Crippen LogP contribution in [0.4, 0.5) is 0 Å². The molecule has 0 fully saturated rings. The molecule has 0 heterocycles. The summed E-state index contributed by atoms with van der Waals surface area (Å²) in [5.74, 6) is 0.260. The molecule has 1 atom stereocenters. The number of hydrogen-bond donors (Lipinski definition) is 1. The predicted molar refractivity (Wildman–Crippen MR) is 89.2 cm³/mol. The molecule has 2 N–H and O–H groups in total. The second-order valence-corrected chi connectivity index (χ2v) is 5.19. The highest BCUT2D eigenvalue weighted by Crippen LogP contribution is 2.26. The van der Waals surface area contributed by atoms with Gasteiger partial charge in [-0.2, -0.15) is 0 Å². The monoisotopic (exact) mass is 273 g/mol. The van der Waals surface area contributed by atoms with Crippen LogP contribution < -0.4 is 5.73 Å². The molecule has 0 aliphatic heterocycles. The first-order chi connectivity index (χ1) is 10.4. The highest BCUT2D eigenvalue weighted by molar-refractivity contribution is 5.63. The van der Waals surface area contributed by atoms with E-state index in [1.807, 2.05) is 12.1 Å². The quantitative estimate of drug-likeness (QED) is 0.747. The molecule has 1 heteroatoms. The number of rotatable bonds is 4. The fourth-order valence-corrected chi connectivity index (χ4v) is 2.69. The van der Waals surface area contributed by atoms with Crippen LogP contribution in [0.2, 0.25) is 0 Å². The topological polar surface area (TPSA) is 26.0 Å². The van der Waals surface area contributed by atoms with Crippen LogP contribution in [0, 0.1) is 0 Å². The van der Waals surface area contributed by atoms with Crippen molar-refractivity contribution in [1.82, 2.24) is 0 Å². The van der Waals surface area contributed by atoms with Crippen molar-refractivity contribution >= 4 is 0 Å². The molecule has 0 spiro atoms. The van der Waals surface area contributed by atoms with Gasteiger partial charge in [-0.25, -0.2) is 0 Å². The lowest BCUT2D eigenvalue weighted by Crippen LogP contribution is -2.13. The van der Waals surface area contributed by atoms with Gasteiger partial charge in [-0.1, -0.05) is 84.9 Å². The van der Waals surface area contributed by atoms with E-state index >= 15 is 0 Å². The van der Waals surface area contributed by atoms with Crippen molar-refractivity contribution in [3.05, 3.63) is 96.1 Å². The highest BCUT2D eigenvalue weighted by Gasteiger charge is 2.11. The van der Waals surface area contributed by atoms with Crippen molar-refractivity contribution in [2.24, 2.45) is 5.73 Å². The van der Waals surface area contributed by atoms with E-state index in [0.717, 1.165) is 0 Å². The maximum Gasteiger partial charge on any atom is 0.0212 e. The van der Waals surface area contributed by atoms with Gasteiger partial charge in [0.05, 0.1) is 0 Å². The number of hydrogen-bond acceptors (Lipinski definition) is 1. The molecule has 0 radical (unpaired) electrons. The molecule has 104 valence electrons. The Bertz CT molecular complexity index is 672. The largest absolute Gasteiger partial charge is 0.330 e. The van der Waals surface area contributed by atoms with E-state index < -0.39 is 0 Å². The van der Waals surface area contributed by atoms with Gasteiger partial charge in [0.25, 0.3) is 0 Å². The lowest BCUT2D eigenvalue weighted by Gasteiger charge is -2.16. The fourth-order valence-electron chi connectivity index (χ4n) is 2.69. The molecule has 1 unspecified atom stereocenters. The third-order valence-corrected chi connectivity index (χ3v) is 3.86. The molecule has 0 saturated heterocycles. The van der Waals surface area contributed by atoms with Gasteiger partial charge in [-0.15, -0.1) is 0 Å². The molecule has 0 aliphatic rings. The second kappa shape index (κ2) is 6.38. The zero-order chi connectivity index (χ0) is 14.5. The Kier molecular flexibility index (Phi) is 4.13. The summed E-state index contributed by atoms with van der Waals surface area (Å²) in [5.41, 5.74) is 11.0. The molecule has 3 rings (SSSR count). The van der Waals surface area contributed by atoms with E-state index in [9.17, 15) is 0 Å². The third kappa shape index (κ3) is 3.04. The van der Waals surface area contributed by atoms with Crippen LogP contribution in [0.3, 0.4) is 0 Å². The average Bonchev–Trinajstić information content (AvgIpc) is 2.58. The second-order valence-electron chi connectivity index (χ2n) is 5.19. The normalized spacial score (nSPS) is 12.0. The lowest BCUT2D eigenvalue weighted by atomic mass is 9.90. The molecular formula is C20H19N. The van der Waals surface area contributed by atoms with Crippen LogP contribution in [0.1, 0.15) is 17.0 Å². The summed E-state index contributed by atoms with van der Waals surface area (Å²) in [6.45, 7) is 0.620. The van der Waals surface area contributed by atoms with Gasteiger partial charge in [0.15, 0.2) is 0 Å². The standard InChI is InChI=1S/C20H19N/c21-15-20(18-9-5-2-6-10-18)19-13-11-17(12-14-19)16-7-3-1-4-8-16/h1-14,20H,15,21H2. The van der Waals surface area contributed by atoms with Gasteiger partial charge in [-0.05, 0) is 22.3 Å². The van der Waals surface area contributed by atoms with Crippen molar-refractivity contribution in [3.63, 3.8) is 0 Å². The Hall–Kier alpha value is -2.38. The third-order valence-electron chi connectivity index (χ3n) is 3.86. The molecular weight excluding hydrogens is 254 g/mol. The SMILES string of the molecule is NCC(c1ccccc1)c1ccc(-c2ccccc2)cc1. The van der Waals surface area contributed by atoms with Gasteiger partial charge in [-0.3, -0.25) is 0 Å². The van der Waals surface area contributed by atoms with Crippen molar-refractivity contribution in [2.75, 3.05) is 6.54 Å². The van der Waals surface area contributed by atoms with Gasteiger partial charge < -0.3 is 5.73 Å². The molecule has 21 heavy (non-hydrogen) atoms. The minimum Gasteiger partial charge on any atom is -0.330 e. The maximum absolute atomic E-state index is 5.99. The summed E-state index contributed by atoms with van der Waals surface area (Å²) in [6, 6.07) is 29.6. The summed E-state index contributed by atoms with van der Waals surface area (Å²) >= 11 is 0. The molecule has 3 aromatic carbocycles. The molecule has 0 aromatic heterocycles. The summed E-state index contributed by atoms with van der Waals surface area (Å²) in [4.78, 5) is 0. The van der Waals surface area contributed by atoms with E-state index in [4.69, 9.17) is 5.73 Å². The van der Waals surface area contributed by atoms with Crippen molar-refractivity contribution in [1.29, 1.82) is 0 Å². The Balaban J connectivity index is 1.90. The number of nitrogens with two attached hydrogens (primary N) is 1. The Morgan fingerprint density at radius 2 is 1.05 bits per heavy atom. The summed E-state index contributed by atoms with van der Waals surface area (Å²) in [5, 5.41) is 0. The summed E-state index contributed by atoms with van der Waals surface area (Å²) < 4.78 is 0. The number of benzene rings is 3. The molecule has 0 saturated carbocycles. The van der Waals surface area contributed by atoms with Crippen LogP contribution in [-0.4, -0.2) is 6.54 Å². The van der Waals surface area contributed by atoms with Gasteiger partial charge in [0.2, 0.25) is 0 Å². The first-order valence-electron chi connectivity index (χ1n) is 7.29. The molecule has 3 aromatic rings. The minimum absolute atomic E-state index is 0.260.